The van der Waals surface area contributed by atoms with Crippen molar-refractivity contribution in [2.24, 2.45) is 0 Å². The molecule has 0 unspecified atom stereocenters. The van der Waals surface area contributed by atoms with E-state index in [1.807, 2.05) is 16.8 Å². The molecule has 1 N–H and O–H groups in total. The number of aromatic nitrogens is 1. The van der Waals surface area contributed by atoms with Gasteiger partial charge in [-0.2, -0.15) is 11.3 Å². The van der Waals surface area contributed by atoms with E-state index in [9.17, 15) is 13.2 Å². The molecule has 0 aliphatic carbocycles. The van der Waals surface area contributed by atoms with Crippen molar-refractivity contribution in [3.8, 4) is 0 Å². The van der Waals surface area contributed by atoms with Crippen molar-refractivity contribution in [3.63, 3.8) is 0 Å². The first-order valence-electron chi connectivity index (χ1n) is 5.07. The highest BCUT2D eigenvalue weighted by Crippen LogP contribution is 2.21. The highest BCUT2D eigenvalue weighted by molar-refractivity contribution is 7.91. The Kier molecular flexibility index (Phi) is 4.30. The van der Waals surface area contributed by atoms with Crippen molar-refractivity contribution < 1.29 is 17.9 Å². The summed E-state index contributed by atoms with van der Waals surface area (Å²) >= 11 is 2.36. The van der Waals surface area contributed by atoms with E-state index in [-0.39, 0.29) is 16.4 Å². The minimum atomic E-state index is -3.77. The number of methoxy groups -OCH3 is 1. The molecule has 6 nitrogen and oxygen atoms in total. The van der Waals surface area contributed by atoms with Crippen LogP contribution >= 0.6 is 22.7 Å². The number of carbonyl (C=O) groups excluding carboxylic acids is 1. The van der Waals surface area contributed by atoms with Gasteiger partial charge in [0, 0.05) is 6.54 Å². The van der Waals surface area contributed by atoms with Crippen LogP contribution in [0.1, 0.15) is 16.1 Å². The highest BCUT2D eigenvalue weighted by atomic mass is 32.2. The Morgan fingerprint density at radius 1 is 1.53 bits per heavy atom. The lowest BCUT2D eigenvalue weighted by Crippen LogP contribution is -2.24. The molecule has 9 heteroatoms. The number of sulfonamides is 1. The van der Waals surface area contributed by atoms with Crippen LogP contribution in [0.25, 0.3) is 0 Å². The van der Waals surface area contributed by atoms with Crippen LogP contribution in [0.2, 0.25) is 0 Å². The summed E-state index contributed by atoms with van der Waals surface area (Å²) in [7, 11) is -2.59. The molecule has 0 aliphatic heterocycles. The molecule has 19 heavy (non-hydrogen) atoms. The van der Waals surface area contributed by atoms with Gasteiger partial charge in [0.05, 0.1) is 12.6 Å². The summed E-state index contributed by atoms with van der Waals surface area (Å²) in [6.45, 7) is 0.171. The van der Waals surface area contributed by atoms with Crippen molar-refractivity contribution >= 4 is 38.7 Å². The van der Waals surface area contributed by atoms with Gasteiger partial charge in [0.25, 0.3) is 10.0 Å². The molecular weight excluding hydrogens is 308 g/mol. The second kappa shape index (κ2) is 5.78. The Labute approximate surface area is 118 Å². The van der Waals surface area contributed by atoms with Crippen molar-refractivity contribution in [1.29, 1.82) is 0 Å². The number of carbonyl (C=O) groups is 1. The number of hydrogen-bond acceptors (Lipinski definition) is 7. The van der Waals surface area contributed by atoms with Crippen LogP contribution in [0.4, 0.5) is 0 Å². The van der Waals surface area contributed by atoms with Gasteiger partial charge in [-0.3, -0.25) is 0 Å². The number of hydrogen-bond donors (Lipinski definition) is 1. The van der Waals surface area contributed by atoms with E-state index in [1.54, 1.807) is 0 Å². The summed E-state index contributed by atoms with van der Waals surface area (Å²) in [4.78, 5) is 15.1. The molecule has 0 spiro atoms. The summed E-state index contributed by atoms with van der Waals surface area (Å²) in [6, 6.07) is 1.82. The molecule has 0 atom stereocenters. The molecule has 2 aromatic rings. The molecule has 0 radical (unpaired) electrons. The van der Waals surface area contributed by atoms with Gasteiger partial charge in [0.1, 0.15) is 0 Å². The van der Waals surface area contributed by atoms with Gasteiger partial charge in [0.15, 0.2) is 9.90 Å². The minimum absolute atomic E-state index is 0.130. The molecule has 0 saturated carbocycles. The smallest absolute Gasteiger partial charge is 0.358 e. The lowest BCUT2D eigenvalue weighted by molar-refractivity contribution is 0.0590. The predicted molar refractivity (Wildman–Crippen MR) is 71.8 cm³/mol. The first kappa shape index (κ1) is 14.1. The molecule has 2 heterocycles. The largest absolute Gasteiger partial charge is 0.464 e. The molecule has 0 bridgehead atoms. The zero-order valence-corrected chi connectivity index (χ0v) is 12.3. The van der Waals surface area contributed by atoms with Crippen molar-refractivity contribution in [2.45, 2.75) is 10.8 Å². The van der Waals surface area contributed by atoms with E-state index < -0.39 is 16.0 Å². The van der Waals surface area contributed by atoms with Crippen molar-refractivity contribution in [1.82, 2.24) is 9.71 Å². The number of rotatable bonds is 5. The summed E-state index contributed by atoms with van der Waals surface area (Å²) in [6.07, 6.45) is 0. The lowest BCUT2D eigenvalue weighted by Gasteiger charge is -2.04. The van der Waals surface area contributed by atoms with Crippen LogP contribution in [0.3, 0.4) is 0 Å². The average molecular weight is 318 g/mol. The molecule has 0 aliphatic rings. The van der Waals surface area contributed by atoms with Crippen LogP contribution in [-0.4, -0.2) is 26.5 Å². The summed E-state index contributed by atoms with van der Waals surface area (Å²) in [5, 5.41) is 3.70. The van der Waals surface area contributed by atoms with Gasteiger partial charge in [-0.15, -0.1) is 11.3 Å². The van der Waals surface area contributed by atoms with Crippen LogP contribution in [0, 0.1) is 0 Å². The van der Waals surface area contributed by atoms with Gasteiger partial charge < -0.3 is 4.74 Å². The SMILES string of the molecule is COC(=O)c1ncsc1S(=O)(=O)NCc1ccsc1. The Hall–Kier alpha value is -1.29. The Morgan fingerprint density at radius 2 is 2.32 bits per heavy atom. The minimum Gasteiger partial charge on any atom is -0.464 e. The van der Waals surface area contributed by atoms with Crippen LogP contribution in [-0.2, 0) is 21.3 Å². The number of ether oxygens (including phenoxy) is 1. The molecule has 102 valence electrons. The van der Waals surface area contributed by atoms with E-state index in [1.165, 1.54) is 24.0 Å². The first-order valence-corrected chi connectivity index (χ1v) is 8.37. The maximum Gasteiger partial charge on any atom is 0.358 e. The third-order valence-corrected chi connectivity index (χ3v) is 5.71. The van der Waals surface area contributed by atoms with Gasteiger partial charge in [-0.1, -0.05) is 0 Å². The molecule has 0 saturated heterocycles. The van der Waals surface area contributed by atoms with E-state index in [4.69, 9.17) is 0 Å². The number of esters is 1. The monoisotopic (exact) mass is 318 g/mol. The van der Waals surface area contributed by atoms with E-state index in [0.29, 0.717) is 0 Å². The Morgan fingerprint density at radius 3 is 2.95 bits per heavy atom. The van der Waals surface area contributed by atoms with Gasteiger partial charge in [0.2, 0.25) is 0 Å². The second-order valence-corrected chi connectivity index (χ2v) is 7.03. The molecular formula is C10H10N2O4S3. The summed E-state index contributed by atoms with van der Waals surface area (Å²) in [5.41, 5.74) is 1.97. The fourth-order valence-corrected chi connectivity index (χ4v) is 4.16. The summed E-state index contributed by atoms with van der Waals surface area (Å²) in [5.74, 6) is -0.767. The first-order chi connectivity index (χ1) is 9.04. The Balaban J connectivity index is 2.20. The third kappa shape index (κ3) is 3.18. The molecule has 0 amide bonds. The Bertz CT molecular complexity index is 661. The second-order valence-electron chi connectivity index (χ2n) is 3.44. The van der Waals surface area contributed by atoms with E-state index >= 15 is 0 Å². The standard InChI is InChI=1S/C10H10N2O4S3/c1-16-9(13)8-10(18-6-11-8)19(14,15)12-4-7-2-3-17-5-7/h2-3,5-6,12H,4H2,1H3. The number of nitrogens with zero attached hydrogens (tertiary/aromatic N) is 1. The van der Waals surface area contributed by atoms with Crippen LogP contribution in [0.15, 0.2) is 26.5 Å². The van der Waals surface area contributed by atoms with E-state index in [0.717, 1.165) is 16.9 Å². The van der Waals surface area contributed by atoms with Crippen molar-refractivity contribution in [3.05, 3.63) is 33.6 Å². The van der Waals surface area contributed by atoms with Gasteiger partial charge in [-0.25, -0.2) is 22.9 Å². The predicted octanol–water partition coefficient (Wildman–Crippen LogP) is 1.47. The van der Waals surface area contributed by atoms with Crippen LogP contribution < -0.4 is 4.72 Å². The molecule has 2 rings (SSSR count). The van der Waals surface area contributed by atoms with E-state index in [2.05, 4.69) is 14.4 Å². The topological polar surface area (TPSA) is 85.4 Å². The van der Waals surface area contributed by atoms with Gasteiger partial charge >= 0.3 is 5.97 Å². The number of nitrogens with one attached hydrogen (secondary N) is 1. The quantitative estimate of drug-likeness (QED) is 0.844. The maximum atomic E-state index is 12.1. The average Bonchev–Trinajstić information content (AvgIpc) is 3.06. The molecule has 2 aromatic heterocycles. The third-order valence-electron chi connectivity index (χ3n) is 2.20. The fraction of sp³-hybridized carbons (Fsp3) is 0.200. The molecule has 0 fully saturated rings. The van der Waals surface area contributed by atoms with Crippen LogP contribution in [0.5, 0.6) is 0 Å². The zero-order valence-electron chi connectivity index (χ0n) is 9.82. The van der Waals surface area contributed by atoms with Gasteiger partial charge in [-0.05, 0) is 22.4 Å². The normalized spacial score (nSPS) is 11.4. The summed E-state index contributed by atoms with van der Waals surface area (Å²) < 4.78 is 31.0. The zero-order chi connectivity index (χ0) is 13.9. The number of thiophene rings is 1. The highest BCUT2D eigenvalue weighted by Gasteiger charge is 2.26. The fourth-order valence-electron chi connectivity index (χ4n) is 1.30. The lowest BCUT2D eigenvalue weighted by atomic mass is 10.4. The number of thiazole rings is 1. The maximum absolute atomic E-state index is 12.1. The van der Waals surface area contributed by atoms with Crippen molar-refractivity contribution in [2.75, 3.05) is 7.11 Å². The molecule has 0 aromatic carbocycles.